The standard InChI is InChI=1S/C20H24N2O3S/c1-14(2)13-21-20(23)16-8-10-18(11-9-16)26(24,25)22-15(3)12-17-6-4-5-7-19(17)22/h4-11,14-15H,12-13H2,1-3H3,(H,21,23). The zero-order chi connectivity index (χ0) is 18.9. The molecule has 1 amide bonds. The number of rotatable bonds is 5. The predicted octanol–water partition coefficient (Wildman–Crippen LogP) is 3.21. The second kappa shape index (κ2) is 7.11. The van der Waals surface area contributed by atoms with Crippen LogP contribution < -0.4 is 9.62 Å². The number of nitrogens with one attached hydrogen (secondary N) is 1. The van der Waals surface area contributed by atoms with Crippen molar-refractivity contribution >= 4 is 21.6 Å². The molecule has 0 aromatic heterocycles. The lowest BCUT2D eigenvalue weighted by atomic mass is 10.1. The molecule has 2 aromatic rings. The summed E-state index contributed by atoms with van der Waals surface area (Å²) in [6, 6.07) is 13.6. The van der Waals surface area contributed by atoms with Gasteiger partial charge >= 0.3 is 0 Å². The van der Waals surface area contributed by atoms with Gasteiger partial charge in [0.25, 0.3) is 15.9 Å². The lowest BCUT2D eigenvalue weighted by molar-refractivity contribution is 0.0949. The van der Waals surface area contributed by atoms with Crippen LogP contribution in [0.4, 0.5) is 5.69 Å². The lowest BCUT2D eigenvalue weighted by Crippen LogP contribution is -2.35. The van der Waals surface area contributed by atoms with Crippen molar-refractivity contribution in [3.63, 3.8) is 0 Å². The minimum atomic E-state index is -3.67. The molecule has 0 fully saturated rings. The third-order valence-corrected chi connectivity index (χ3v) is 6.43. The van der Waals surface area contributed by atoms with Crippen LogP contribution in [0.2, 0.25) is 0 Å². The Morgan fingerprint density at radius 1 is 1.15 bits per heavy atom. The summed E-state index contributed by atoms with van der Waals surface area (Å²) in [4.78, 5) is 12.3. The molecule has 2 aromatic carbocycles. The van der Waals surface area contributed by atoms with Gasteiger partial charge in [0.2, 0.25) is 0 Å². The van der Waals surface area contributed by atoms with Crippen molar-refractivity contribution in [2.24, 2.45) is 5.92 Å². The van der Waals surface area contributed by atoms with Crippen molar-refractivity contribution < 1.29 is 13.2 Å². The number of fused-ring (bicyclic) bond motifs is 1. The van der Waals surface area contributed by atoms with Gasteiger partial charge in [-0.05, 0) is 55.2 Å². The Labute approximate surface area is 155 Å². The average molecular weight is 372 g/mol. The molecule has 1 heterocycles. The number of nitrogens with zero attached hydrogens (tertiary/aromatic N) is 1. The number of benzene rings is 2. The Morgan fingerprint density at radius 3 is 2.46 bits per heavy atom. The summed E-state index contributed by atoms with van der Waals surface area (Å²) in [7, 11) is -3.67. The van der Waals surface area contributed by atoms with Crippen LogP contribution in [-0.4, -0.2) is 26.9 Å². The van der Waals surface area contributed by atoms with Crippen molar-refractivity contribution in [2.75, 3.05) is 10.8 Å². The van der Waals surface area contributed by atoms with Crippen LogP contribution in [0.5, 0.6) is 0 Å². The van der Waals surface area contributed by atoms with E-state index in [-0.39, 0.29) is 16.8 Å². The number of para-hydroxylation sites is 1. The van der Waals surface area contributed by atoms with Gasteiger partial charge in [-0.25, -0.2) is 8.42 Å². The van der Waals surface area contributed by atoms with Crippen LogP contribution in [-0.2, 0) is 16.4 Å². The van der Waals surface area contributed by atoms with Crippen LogP contribution in [0.25, 0.3) is 0 Å². The van der Waals surface area contributed by atoms with Gasteiger partial charge in [0.1, 0.15) is 0 Å². The van der Waals surface area contributed by atoms with E-state index in [1.165, 1.54) is 16.4 Å². The van der Waals surface area contributed by atoms with E-state index >= 15 is 0 Å². The molecule has 0 saturated heterocycles. The van der Waals surface area contributed by atoms with Crippen molar-refractivity contribution in [1.29, 1.82) is 0 Å². The fourth-order valence-electron chi connectivity index (χ4n) is 3.19. The molecular weight excluding hydrogens is 348 g/mol. The summed E-state index contributed by atoms with van der Waals surface area (Å²) < 4.78 is 27.7. The molecule has 3 rings (SSSR count). The summed E-state index contributed by atoms with van der Waals surface area (Å²) in [6.45, 7) is 6.53. The van der Waals surface area contributed by atoms with Crippen molar-refractivity contribution in [2.45, 2.75) is 38.1 Å². The molecule has 0 saturated carbocycles. The highest BCUT2D eigenvalue weighted by atomic mass is 32.2. The molecule has 0 aliphatic carbocycles. The van der Waals surface area contributed by atoms with E-state index in [9.17, 15) is 13.2 Å². The van der Waals surface area contributed by atoms with Crippen LogP contribution in [0.15, 0.2) is 53.4 Å². The molecule has 1 aliphatic rings. The van der Waals surface area contributed by atoms with Crippen LogP contribution in [0.3, 0.4) is 0 Å². The van der Waals surface area contributed by atoms with Gasteiger partial charge in [0.15, 0.2) is 0 Å². The fraction of sp³-hybridized carbons (Fsp3) is 0.350. The molecule has 1 atom stereocenters. The number of hydrogen-bond donors (Lipinski definition) is 1. The second-order valence-corrected chi connectivity index (χ2v) is 8.93. The van der Waals surface area contributed by atoms with Gasteiger partial charge in [-0.1, -0.05) is 32.0 Å². The van der Waals surface area contributed by atoms with E-state index in [2.05, 4.69) is 5.32 Å². The number of hydrogen-bond acceptors (Lipinski definition) is 3. The molecule has 0 radical (unpaired) electrons. The first-order valence-electron chi connectivity index (χ1n) is 8.81. The molecule has 1 N–H and O–H groups in total. The normalized spacial score (nSPS) is 16.6. The number of amides is 1. The molecule has 26 heavy (non-hydrogen) atoms. The largest absolute Gasteiger partial charge is 0.352 e. The second-order valence-electron chi connectivity index (χ2n) is 7.11. The highest BCUT2D eigenvalue weighted by Gasteiger charge is 2.35. The quantitative estimate of drug-likeness (QED) is 0.876. The number of anilines is 1. The van der Waals surface area contributed by atoms with Gasteiger partial charge in [0.05, 0.1) is 10.6 Å². The molecular formula is C20H24N2O3S. The first-order valence-corrected chi connectivity index (χ1v) is 10.3. The van der Waals surface area contributed by atoms with Crippen LogP contribution in [0.1, 0.15) is 36.7 Å². The predicted molar refractivity (Wildman–Crippen MR) is 103 cm³/mol. The topological polar surface area (TPSA) is 66.5 Å². The molecule has 138 valence electrons. The van der Waals surface area contributed by atoms with E-state index in [4.69, 9.17) is 0 Å². The van der Waals surface area contributed by atoms with Gasteiger partial charge in [-0.15, -0.1) is 0 Å². The molecule has 1 unspecified atom stereocenters. The van der Waals surface area contributed by atoms with E-state index < -0.39 is 10.0 Å². The minimum Gasteiger partial charge on any atom is -0.352 e. The van der Waals surface area contributed by atoms with Crippen LogP contribution >= 0.6 is 0 Å². The zero-order valence-electron chi connectivity index (χ0n) is 15.3. The molecule has 1 aliphatic heterocycles. The van der Waals surface area contributed by atoms with Gasteiger partial charge < -0.3 is 5.32 Å². The minimum absolute atomic E-state index is 0.133. The van der Waals surface area contributed by atoms with E-state index in [1.54, 1.807) is 12.1 Å². The number of carbonyl (C=O) groups is 1. The Morgan fingerprint density at radius 2 is 1.81 bits per heavy atom. The third kappa shape index (κ3) is 3.46. The first kappa shape index (κ1) is 18.5. The van der Waals surface area contributed by atoms with Crippen molar-refractivity contribution in [1.82, 2.24) is 5.32 Å². The van der Waals surface area contributed by atoms with Crippen molar-refractivity contribution in [3.05, 3.63) is 59.7 Å². The average Bonchev–Trinajstić information content (AvgIpc) is 2.96. The lowest BCUT2D eigenvalue weighted by Gasteiger charge is -2.24. The maximum Gasteiger partial charge on any atom is 0.264 e. The maximum absolute atomic E-state index is 13.1. The van der Waals surface area contributed by atoms with Crippen molar-refractivity contribution in [3.8, 4) is 0 Å². The van der Waals surface area contributed by atoms with E-state index in [1.807, 2.05) is 45.0 Å². The Balaban J connectivity index is 1.86. The van der Waals surface area contributed by atoms with Gasteiger partial charge in [0, 0.05) is 18.2 Å². The van der Waals surface area contributed by atoms with Crippen LogP contribution in [0, 0.1) is 5.92 Å². The van der Waals surface area contributed by atoms with Gasteiger partial charge in [-0.2, -0.15) is 0 Å². The number of sulfonamides is 1. The molecule has 0 spiro atoms. The number of carbonyl (C=O) groups excluding carboxylic acids is 1. The third-order valence-electron chi connectivity index (χ3n) is 4.49. The molecule has 5 nitrogen and oxygen atoms in total. The van der Waals surface area contributed by atoms with Gasteiger partial charge in [-0.3, -0.25) is 9.10 Å². The summed E-state index contributed by atoms with van der Waals surface area (Å²) in [5, 5.41) is 2.83. The highest BCUT2D eigenvalue weighted by Crippen LogP contribution is 2.36. The molecule has 0 bridgehead atoms. The molecule has 6 heteroatoms. The highest BCUT2D eigenvalue weighted by molar-refractivity contribution is 7.92. The Bertz CT molecular complexity index is 905. The zero-order valence-corrected chi connectivity index (χ0v) is 16.1. The smallest absolute Gasteiger partial charge is 0.264 e. The fourth-order valence-corrected chi connectivity index (χ4v) is 4.89. The SMILES string of the molecule is CC(C)CNC(=O)c1ccc(S(=O)(=O)N2c3ccccc3CC2C)cc1. The van der Waals surface area contributed by atoms with E-state index in [0.29, 0.717) is 24.4 Å². The Hall–Kier alpha value is -2.34. The summed E-state index contributed by atoms with van der Waals surface area (Å²) in [5.41, 5.74) is 2.23. The summed E-state index contributed by atoms with van der Waals surface area (Å²) in [5.74, 6) is 0.165. The monoisotopic (exact) mass is 372 g/mol. The summed E-state index contributed by atoms with van der Waals surface area (Å²) >= 11 is 0. The Kier molecular flexibility index (Phi) is 5.05. The summed E-state index contributed by atoms with van der Waals surface area (Å²) in [6.07, 6.45) is 0.699. The maximum atomic E-state index is 13.1. The van der Waals surface area contributed by atoms with E-state index in [0.717, 1.165) is 11.3 Å². The first-order chi connectivity index (χ1) is 12.3.